The Morgan fingerprint density at radius 2 is 1.86 bits per heavy atom. The van der Waals surface area contributed by atoms with Gasteiger partial charge < -0.3 is 5.43 Å². The number of carbonyl (C=O) groups is 2. The Kier molecular flexibility index (Phi) is 5.40. The summed E-state index contributed by atoms with van der Waals surface area (Å²) < 4.78 is 0. The van der Waals surface area contributed by atoms with Gasteiger partial charge in [0.1, 0.15) is 5.56 Å². The average Bonchev–Trinajstić information content (AvgIpc) is 2.98. The zero-order valence-corrected chi connectivity index (χ0v) is 16.1. The van der Waals surface area contributed by atoms with Crippen LogP contribution in [0.2, 0.25) is 0 Å². The maximum absolute atomic E-state index is 12.7. The number of hydrazone groups is 1. The Bertz CT molecular complexity index is 1070. The van der Waals surface area contributed by atoms with Crippen LogP contribution in [0.25, 0.3) is 0 Å². The molecule has 0 atom stereocenters. The first-order chi connectivity index (χ1) is 13.8. The van der Waals surface area contributed by atoms with Crippen LogP contribution in [-0.4, -0.2) is 22.4 Å². The minimum absolute atomic E-state index is 0.0942. The molecule has 0 unspecified atom stereocenters. The molecule has 3 rings (SSSR count). The van der Waals surface area contributed by atoms with Crippen LogP contribution < -0.4 is 15.9 Å². The zero-order chi connectivity index (χ0) is 21.1. The molecule has 0 aliphatic carbocycles. The topological polar surface area (TPSA) is 117 Å². The highest BCUT2D eigenvalue weighted by Crippen LogP contribution is 2.25. The number of benzene rings is 2. The van der Waals surface area contributed by atoms with Crippen LogP contribution in [0.3, 0.4) is 0 Å². The summed E-state index contributed by atoms with van der Waals surface area (Å²) in [7, 11) is 0. The van der Waals surface area contributed by atoms with E-state index in [0.717, 1.165) is 11.1 Å². The third-order valence-corrected chi connectivity index (χ3v) is 4.55. The van der Waals surface area contributed by atoms with Crippen molar-refractivity contribution >= 4 is 28.9 Å². The van der Waals surface area contributed by atoms with Crippen molar-refractivity contribution in [2.75, 3.05) is 5.01 Å². The van der Waals surface area contributed by atoms with Gasteiger partial charge in [-0.25, -0.2) is 0 Å². The van der Waals surface area contributed by atoms with Crippen LogP contribution in [0, 0.1) is 24.0 Å². The highest BCUT2D eigenvalue weighted by atomic mass is 16.6. The fraction of sp³-hybridized carbons (Fsp3) is 0.150. The Morgan fingerprint density at radius 3 is 2.55 bits per heavy atom. The Morgan fingerprint density at radius 1 is 1.14 bits per heavy atom. The van der Waals surface area contributed by atoms with Gasteiger partial charge in [0.25, 0.3) is 17.5 Å². The SMILES string of the molecule is CC1=NN(c2ccc(C)c(C)c2)C(=O)C1=CNNC(=O)c1ccccc1[N+](=O)[O-]. The van der Waals surface area contributed by atoms with Crippen LogP contribution in [0.15, 0.2) is 59.3 Å². The van der Waals surface area contributed by atoms with Gasteiger partial charge >= 0.3 is 0 Å². The Hall–Kier alpha value is -4.01. The monoisotopic (exact) mass is 393 g/mol. The van der Waals surface area contributed by atoms with Gasteiger partial charge in [-0.2, -0.15) is 10.1 Å². The number of aryl methyl sites for hydroxylation is 2. The van der Waals surface area contributed by atoms with E-state index < -0.39 is 10.8 Å². The molecule has 1 heterocycles. The summed E-state index contributed by atoms with van der Waals surface area (Å²) in [5.41, 5.74) is 8.00. The van der Waals surface area contributed by atoms with Gasteiger partial charge in [0.2, 0.25) is 0 Å². The first-order valence-corrected chi connectivity index (χ1v) is 8.76. The number of rotatable bonds is 5. The van der Waals surface area contributed by atoms with E-state index in [9.17, 15) is 19.7 Å². The van der Waals surface area contributed by atoms with E-state index in [-0.39, 0.29) is 22.7 Å². The number of nitro groups is 1. The molecular weight excluding hydrogens is 374 g/mol. The second kappa shape index (κ2) is 7.93. The molecule has 148 valence electrons. The zero-order valence-electron chi connectivity index (χ0n) is 16.1. The lowest BCUT2D eigenvalue weighted by molar-refractivity contribution is -0.385. The summed E-state index contributed by atoms with van der Waals surface area (Å²) in [5.74, 6) is -1.04. The lowest BCUT2D eigenvalue weighted by Crippen LogP contribution is -2.35. The van der Waals surface area contributed by atoms with Crippen molar-refractivity contribution in [3.05, 3.63) is 81.0 Å². The summed E-state index contributed by atoms with van der Waals surface area (Å²) in [6.07, 6.45) is 1.31. The highest BCUT2D eigenvalue weighted by Gasteiger charge is 2.29. The van der Waals surface area contributed by atoms with Crippen molar-refractivity contribution in [1.29, 1.82) is 0 Å². The summed E-state index contributed by atoms with van der Waals surface area (Å²) in [6.45, 7) is 5.61. The molecule has 0 saturated carbocycles. The fourth-order valence-electron chi connectivity index (χ4n) is 2.78. The maximum Gasteiger partial charge on any atom is 0.282 e. The van der Waals surface area contributed by atoms with Crippen molar-refractivity contribution in [3.63, 3.8) is 0 Å². The summed E-state index contributed by atoms with van der Waals surface area (Å²) in [4.78, 5) is 35.3. The minimum Gasteiger partial charge on any atom is -0.305 e. The molecule has 2 aromatic carbocycles. The van der Waals surface area contributed by atoms with Gasteiger partial charge in [-0.1, -0.05) is 18.2 Å². The van der Waals surface area contributed by atoms with Crippen LogP contribution in [0.1, 0.15) is 28.4 Å². The smallest absolute Gasteiger partial charge is 0.282 e. The van der Waals surface area contributed by atoms with Gasteiger partial charge in [0.05, 0.1) is 21.9 Å². The lowest BCUT2D eigenvalue weighted by Gasteiger charge is -2.13. The molecule has 1 aliphatic heterocycles. The molecule has 2 amide bonds. The van der Waals surface area contributed by atoms with Crippen molar-refractivity contribution in [2.45, 2.75) is 20.8 Å². The predicted octanol–water partition coefficient (Wildman–Crippen LogP) is 2.75. The number of amides is 2. The summed E-state index contributed by atoms with van der Waals surface area (Å²) in [6, 6.07) is 11.2. The number of anilines is 1. The van der Waals surface area contributed by atoms with Crippen molar-refractivity contribution in [1.82, 2.24) is 10.9 Å². The molecule has 9 nitrogen and oxygen atoms in total. The van der Waals surface area contributed by atoms with Crippen LogP contribution in [0.4, 0.5) is 11.4 Å². The first kappa shape index (κ1) is 19.7. The minimum atomic E-state index is -0.694. The standard InChI is InChI=1S/C20H19N5O4/c1-12-8-9-15(10-13(12)2)24-20(27)17(14(3)23-24)11-21-22-19(26)16-6-4-5-7-18(16)25(28)29/h4-11,21H,1-3H3,(H,22,26). The van der Waals surface area contributed by atoms with Crippen LogP contribution in [-0.2, 0) is 4.79 Å². The number of nitrogens with one attached hydrogen (secondary N) is 2. The average molecular weight is 393 g/mol. The van der Waals surface area contributed by atoms with E-state index in [1.54, 1.807) is 6.92 Å². The second-order valence-corrected chi connectivity index (χ2v) is 6.50. The molecule has 0 bridgehead atoms. The highest BCUT2D eigenvalue weighted by molar-refractivity contribution is 6.29. The van der Waals surface area contributed by atoms with E-state index in [4.69, 9.17) is 0 Å². The largest absolute Gasteiger partial charge is 0.305 e. The molecule has 2 aromatic rings. The molecular formula is C20H19N5O4. The van der Waals surface area contributed by atoms with Gasteiger partial charge in [-0.15, -0.1) is 0 Å². The molecule has 0 aromatic heterocycles. The number of nitro benzene ring substituents is 1. The molecule has 0 spiro atoms. The number of hydrogen-bond donors (Lipinski definition) is 2. The van der Waals surface area contributed by atoms with Gasteiger partial charge in [0, 0.05) is 12.3 Å². The summed E-state index contributed by atoms with van der Waals surface area (Å²) >= 11 is 0. The molecule has 0 saturated heterocycles. The van der Waals surface area contributed by atoms with Gasteiger partial charge in [-0.3, -0.25) is 25.1 Å². The number of nitrogens with zero attached hydrogens (tertiary/aromatic N) is 3. The normalized spacial score (nSPS) is 14.7. The Balaban J connectivity index is 1.72. The lowest BCUT2D eigenvalue weighted by atomic mass is 10.1. The molecule has 29 heavy (non-hydrogen) atoms. The molecule has 1 aliphatic rings. The van der Waals surface area contributed by atoms with Crippen LogP contribution in [0.5, 0.6) is 0 Å². The number of hydrazine groups is 1. The van der Waals surface area contributed by atoms with Crippen molar-refractivity contribution in [3.8, 4) is 0 Å². The van der Waals surface area contributed by atoms with E-state index in [0.29, 0.717) is 11.4 Å². The van der Waals surface area contributed by atoms with E-state index in [1.165, 1.54) is 35.5 Å². The van der Waals surface area contributed by atoms with Crippen molar-refractivity contribution in [2.24, 2.45) is 5.10 Å². The molecule has 2 N–H and O–H groups in total. The molecule has 0 radical (unpaired) electrons. The number of hydrogen-bond acceptors (Lipinski definition) is 6. The predicted molar refractivity (Wildman–Crippen MR) is 108 cm³/mol. The van der Waals surface area contributed by atoms with E-state index >= 15 is 0 Å². The molecule has 9 heteroatoms. The van der Waals surface area contributed by atoms with E-state index in [2.05, 4.69) is 16.0 Å². The fourth-order valence-corrected chi connectivity index (χ4v) is 2.78. The summed E-state index contributed by atoms with van der Waals surface area (Å²) in [5, 5.41) is 16.6. The van der Waals surface area contributed by atoms with Crippen molar-refractivity contribution < 1.29 is 14.5 Å². The van der Waals surface area contributed by atoms with Crippen LogP contribution >= 0.6 is 0 Å². The third-order valence-electron chi connectivity index (χ3n) is 4.55. The van der Waals surface area contributed by atoms with E-state index in [1.807, 2.05) is 32.0 Å². The second-order valence-electron chi connectivity index (χ2n) is 6.50. The first-order valence-electron chi connectivity index (χ1n) is 8.76. The quantitative estimate of drug-likeness (QED) is 0.460. The third kappa shape index (κ3) is 3.98. The van der Waals surface area contributed by atoms with Gasteiger partial charge in [-0.05, 0) is 50.1 Å². The maximum atomic E-state index is 12.7. The number of para-hydroxylation sites is 1. The molecule has 0 fully saturated rings. The number of carbonyl (C=O) groups excluding carboxylic acids is 2. The Labute approximate surface area is 166 Å². The van der Waals surface area contributed by atoms with Gasteiger partial charge in [0.15, 0.2) is 0 Å².